The first-order valence-corrected chi connectivity index (χ1v) is 6.28. The molecule has 0 aliphatic carbocycles. The molecule has 0 heterocycles. The average molecular weight is 317 g/mol. The fourth-order valence-electron chi connectivity index (χ4n) is 1.55. The van der Waals surface area contributed by atoms with E-state index in [4.69, 9.17) is 27.9 Å². The van der Waals surface area contributed by atoms with Crippen molar-refractivity contribution in [1.29, 1.82) is 0 Å². The average Bonchev–Trinajstić information content (AvgIpc) is 2.38. The first-order chi connectivity index (χ1) is 9.45. The molecule has 0 amide bonds. The van der Waals surface area contributed by atoms with E-state index in [9.17, 15) is 13.6 Å². The lowest BCUT2D eigenvalue weighted by molar-refractivity contribution is 0.0917. The van der Waals surface area contributed by atoms with Crippen molar-refractivity contribution in [3.8, 4) is 5.75 Å². The number of carbonyl (C=O) groups excluding carboxylic acids is 1. The van der Waals surface area contributed by atoms with Gasteiger partial charge in [0.2, 0.25) is 5.78 Å². The minimum absolute atomic E-state index is 0.271. The molecule has 0 radical (unpaired) electrons. The maximum Gasteiger partial charge on any atom is 0.203 e. The van der Waals surface area contributed by atoms with E-state index in [0.29, 0.717) is 10.0 Å². The number of halogens is 4. The van der Waals surface area contributed by atoms with Crippen LogP contribution in [0.25, 0.3) is 0 Å². The lowest BCUT2D eigenvalue weighted by Crippen LogP contribution is -2.13. The summed E-state index contributed by atoms with van der Waals surface area (Å²) >= 11 is 11.5. The van der Waals surface area contributed by atoms with Crippen LogP contribution in [0, 0.1) is 11.6 Å². The second kappa shape index (κ2) is 6.20. The maximum atomic E-state index is 13.4. The zero-order chi connectivity index (χ0) is 14.7. The summed E-state index contributed by atoms with van der Waals surface area (Å²) in [6, 6.07) is 7.07. The Kier molecular flexibility index (Phi) is 4.57. The van der Waals surface area contributed by atoms with E-state index >= 15 is 0 Å². The van der Waals surface area contributed by atoms with Gasteiger partial charge in [0.1, 0.15) is 17.4 Å². The molecule has 0 N–H and O–H groups in total. The number of hydrogen-bond acceptors (Lipinski definition) is 2. The molecular weight excluding hydrogens is 309 g/mol. The molecule has 0 saturated heterocycles. The van der Waals surface area contributed by atoms with E-state index in [-0.39, 0.29) is 11.3 Å². The van der Waals surface area contributed by atoms with Crippen LogP contribution in [0.4, 0.5) is 8.78 Å². The summed E-state index contributed by atoms with van der Waals surface area (Å²) in [6.45, 7) is -0.447. The fraction of sp³-hybridized carbons (Fsp3) is 0.0714. The summed E-state index contributed by atoms with van der Waals surface area (Å²) in [5, 5.41) is 0.689. The number of rotatable bonds is 4. The van der Waals surface area contributed by atoms with Crippen LogP contribution in [0.5, 0.6) is 5.75 Å². The molecule has 2 aromatic rings. The molecule has 0 saturated carbocycles. The van der Waals surface area contributed by atoms with E-state index < -0.39 is 24.0 Å². The summed E-state index contributed by atoms with van der Waals surface area (Å²) in [6.07, 6.45) is 0. The van der Waals surface area contributed by atoms with E-state index in [1.807, 2.05) is 0 Å². The minimum atomic E-state index is -0.802. The summed E-state index contributed by atoms with van der Waals surface area (Å²) in [5.41, 5.74) is -0.363. The van der Waals surface area contributed by atoms with E-state index in [1.54, 1.807) is 0 Å². The normalized spacial score (nSPS) is 10.4. The van der Waals surface area contributed by atoms with Gasteiger partial charge in [-0.05, 0) is 36.4 Å². The maximum absolute atomic E-state index is 13.4. The van der Waals surface area contributed by atoms with Gasteiger partial charge in [-0.1, -0.05) is 23.2 Å². The van der Waals surface area contributed by atoms with Crippen molar-refractivity contribution in [2.45, 2.75) is 0 Å². The zero-order valence-electron chi connectivity index (χ0n) is 10.00. The molecule has 0 bridgehead atoms. The van der Waals surface area contributed by atoms with Crippen LogP contribution >= 0.6 is 23.2 Å². The minimum Gasteiger partial charge on any atom is -0.485 e. The zero-order valence-corrected chi connectivity index (χ0v) is 11.5. The van der Waals surface area contributed by atoms with Crippen molar-refractivity contribution in [3.63, 3.8) is 0 Å². The van der Waals surface area contributed by atoms with Gasteiger partial charge in [0, 0.05) is 10.0 Å². The van der Waals surface area contributed by atoms with Crippen LogP contribution in [0.2, 0.25) is 10.0 Å². The molecule has 2 nitrogen and oxygen atoms in total. The lowest BCUT2D eigenvalue weighted by Gasteiger charge is -2.07. The molecular formula is C14H8Cl2F2O2. The van der Waals surface area contributed by atoms with Crippen molar-refractivity contribution >= 4 is 29.0 Å². The first-order valence-electron chi connectivity index (χ1n) is 5.53. The summed E-state index contributed by atoms with van der Waals surface area (Å²) < 4.78 is 31.5. The van der Waals surface area contributed by atoms with Crippen molar-refractivity contribution < 1.29 is 18.3 Å². The summed E-state index contributed by atoms with van der Waals surface area (Å²) in [7, 11) is 0. The summed E-state index contributed by atoms with van der Waals surface area (Å²) in [5.74, 6) is -1.91. The first kappa shape index (κ1) is 14.8. The highest BCUT2D eigenvalue weighted by Gasteiger charge is 2.13. The highest BCUT2D eigenvalue weighted by molar-refractivity contribution is 6.34. The van der Waals surface area contributed by atoms with Gasteiger partial charge in [-0.3, -0.25) is 4.79 Å². The van der Waals surface area contributed by atoms with Gasteiger partial charge in [-0.15, -0.1) is 0 Å². The highest BCUT2D eigenvalue weighted by atomic mass is 35.5. The Hall–Kier alpha value is -1.65. The van der Waals surface area contributed by atoms with Crippen LogP contribution in [0.15, 0.2) is 36.4 Å². The van der Waals surface area contributed by atoms with Gasteiger partial charge >= 0.3 is 0 Å². The predicted molar refractivity (Wildman–Crippen MR) is 72.6 cm³/mol. The van der Waals surface area contributed by atoms with E-state index in [2.05, 4.69) is 0 Å². The van der Waals surface area contributed by atoms with Gasteiger partial charge in [-0.2, -0.15) is 0 Å². The van der Waals surface area contributed by atoms with Crippen LogP contribution in [0.1, 0.15) is 10.4 Å². The third kappa shape index (κ3) is 3.68. The molecule has 6 heteroatoms. The summed E-state index contributed by atoms with van der Waals surface area (Å²) in [4.78, 5) is 11.8. The molecule has 20 heavy (non-hydrogen) atoms. The number of ketones is 1. The standard InChI is InChI=1S/C14H8Cl2F2O2/c15-8-3-9(16)5-11(4-8)20-7-14(19)12-6-10(17)1-2-13(12)18/h1-6H,7H2. The molecule has 0 atom stereocenters. The van der Waals surface area contributed by atoms with Gasteiger partial charge in [0.15, 0.2) is 6.61 Å². The lowest BCUT2D eigenvalue weighted by atomic mass is 10.1. The quantitative estimate of drug-likeness (QED) is 0.774. The number of Topliss-reactive ketones (excluding diaryl/α,β-unsaturated/α-hetero) is 1. The van der Waals surface area contributed by atoms with Crippen molar-refractivity contribution in [3.05, 3.63) is 63.6 Å². The Morgan fingerprint density at radius 2 is 1.70 bits per heavy atom. The van der Waals surface area contributed by atoms with Crippen LogP contribution in [-0.4, -0.2) is 12.4 Å². The largest absolute Gasteiger partial charge is 0.485 e. The third-order valence-corrected chi connectivity index (χ3v) is 2.87. The number of benzene rings is 2. The Bertz CT molecular complexity index is 639. The Balaban J connectivity index is 2.10. The van der Waals surface area contributed by atoms with Gasteiger partial charge in [0.05, 0.1) is 5.56 Å². The van der Waals surface area contributed by atoms with Gasteiger partial charge < -0.3 is 4.74 Å². The Morgan fingerprint density at radius 3 is 2.35 bits per heavy atom. The number of hydrogen-bond donors (Lipinski definition) is 0. The second-order valence-corrected chi connectivity index (χ2v) is 4.81. The third-order valence-electron chi connectivity index (χ3n) is 2.43. The molecule has 0 aliphatic heterocycles. The molecule has 2 rings (SSSR count). The molecule has 0 spiro atoms. The fourth-order valence-corrected chi connectivity index (χ4v) is 2.06. The SMILES string of the molecule is O=C(COc1cc(Cl)cc(Cl)c1)c1cc(F)ccc1F. The van der Waals surface area contributed by atoms with E-state index in [1.165, 1.54) is 18.2 Å². The Labute approximate surface area is 123 Å². The number of ether oxygens (including phenoxy) is 1. The molecule has 0 aromatic heterocycles. The van der Waals surface area contributed by atoms with Crippen molar-refractivity contribution in [2.24, 2.45) is 0 Å². The molecule has 0 unspecified atom stereocenters. The topological polar surface area (TPSA) is 26.3 Å². The van der Waals surface area contributed by atoms with Gasteiger partial charge in [-0.25, -0.2) is 8.78 Å². The molecule has 104 valence electrons. The van der Waals surface area contributed by atoms with E-state index in [0.717, 1.165) is 18.2 Å². The highest BCUT2D eigenvalue weighted by Crippen LogP contribution is 2.24. The number of carbonyl (C=O) groups is 1. The van der Waals surface area contributed by atoms with Crippen molar-refractivity contribution in [2.75, 3.05) is 6.61 Å². The second-order valence-electron chi connectivity index (χ2n) is 3.94. The monoisotopic (exact) mass is 316 g/mol. The molecule has 0 fully saturated rings. The molecule has 2 aromatic carbocycles. The van der Waals surface area contributed by atoms with Crippen LogP contribution in [0.3, 0.4) is 0 Å². The predicted octanol–water partition coefficient (Wildman–Crippen LogP) is 4.53. The smallest absolute Gasteiger partial charge is 0.203 e. The molecule has 0 aliphatic rings. The Morgan fingerprint density at radius 1 is 1.05 bits per heavy atom. The van der Waals surface area contributed by atoms with Gasteiger partial charge in [0.25, 0.3) is 0 Å². The van der Waals surface area contributed by atoms with Crippen LogP contribution < -0.4 is 4.74 Å². The van der Waals surface area contributed by atoms with Crippen molar-refractivity contribution in [1.82, 2.24) is 0 Å². The van der Waals surface area contributed by atoms with Crippen LogP contribution in [-0.2, 0) is 0 Å².